The number of carbonyl (C=O) groups excluding carboxylic acids is 1. The number of rotatable bonds is 8. The number of para-hydroxylation sites is 1. The van der Waals surface area contributed by atoms with Gasteiger partial charge in [-0.2, -0.15) is 0 Å². The lowest BCUT2D eigenvalue weighted by molar-refractivity contribution is -0.275. The van der Waals surface area contributed by atoms with Gasteiger partial charge in [0.15, 0.2) is 0 Å². The van der Waals surface area contributed by atoms with E-state index in [0.29, 0.717) is 12.8 Å². The molecule has 0 atom stereocenters. The molecule has 1 aromatic carbocycles. The summed E-state index contributed by atoms with van der Waals surface area (Å²) in [6.45, 7) is -0.0238. The number of hydrogen-bond donors (Lipinski definition) is 1. The Morgan fingerprint density at radius 2 is 1.78 bits per heavy atom. The maximum absolute atomic E-state index is 12.3. The van der Waals surface area contributed by atoms with Crippen LogP contribution in [0.25, 0.3) is 0 Å². The van der Waals surface area contributed by atoms with E-state index in [2.05, 4.69) is 4.74 Å². The fourth-order valence-corrected chi connectivity index (χ4v) is 1.95. The zero-order valence-electron chi connectivity index (χ0n) is 12.6. The van der Waals surface area contributed by atoms with Gasteiger partial charge in [0.05, 0.1) is 0 Å². The van der Waals surface area contributed by atoms with Crippen molar-refractivity contribution in [3.63, 3.8) is 0 Å². The minimum atomic E-state index is -4.80. The van der Waals surface area contributed by atoms with Gasteiger partial charge in [-0.1, -0.05) is 18.2 Å². The van der Waals surface area contributed by atoms with Crippen LogP contribution in [0.1, 0.15) is 31.2 Å². The lowest BCUT2D eigenvalue weighted by Crippen LogP contribution is -2.27. The van der Waals surface area contributed by atoms with Gasteiger partial charge in [0.2, 0.25) is 5.91 Å². The van der Waals surface area contributed by atoms with Crippen molar-refractivity contribution in [1.29, 1.82) is 0 Å². The highest BCUT2D eigenvalue weighted by Crippen LogP contribution is 2.27. The molecule has 23 heavy (non-hydrogen) atoms. The number of aliphatic carboxylic acids is 1. The topological polar surface area (TPSA) is 66.8 Å². The minimum Gasteiger partial charge on any atom is -0.481 e. The number of carbonyl (C=O) groups is 2. The molecule has 0 unspecified atom stereocenters. The van der Waals surface area contributed by atoms with Crippen molar-refractivity contribution >= 4 is 11.9 Å². The van der Waals surface area contributed by atoms with Crippen LogP contribution in [-0.2, 0) is 16.1 Å². The molecule has 0 aliphatic rings. The van der Waals surface area contributed by atoms with Gasteiger partial charge in [-0.05, 0) is 18.9 Å². The number of ether oxygens (including phenoxy) is 1. The molecule has 0 spiro atoms. The summed E-state index contributed by atoms with van der Waals surface area (Å²) in [6.07, 6.45) is -3.88. The van der Waals surface area contributed by atoms with Crippen LogP contribution in [0.3, 0.4) is 0 Å². The summed E-state index contributed by atoms with van der Waals surface area (Å²) in [6, 6.07) is 5.62. The number of amides is 1. The first-order valence-corrected chi connectivity index (χ1v) is 6.98. The molecule has 128 valence electrons. The summed E-state index contributed by atoms with van der Waals surface area (Å²) >= 11 is 0. The average Bonchev–Trinajstić information content (AvgIpc) is 2.43. The summed E-state index contributed by atoms with van der Waals surface area (Å²) in [7, 11) is 1.48. The Kier molecular flexibility index (Phi) is 6.87. The fourth-order valence-electron chi connectivity index (χ4n) is 1.95. The van der Waals surface area contributed by atoms with Crippen molar-refractivity contribution in [2.45, 2.75) is 38.6 Å². The van der Waals surface area contributed by atoms with Gasteiger partial charge in [0.25, 0.3) is 0 Å². The molecule has 1 aromatic rings. The molecule has 5 nitrogen and oxygen atoms in total. The van der Waals surface area contributed by atoms with Gasteiger partial charge >= 0.3 is 12.3 Å². The number of hydrogen-bond acceptors (Lipinski definition) is 3. The highest BCUT2D eigenvalue weighted by Gasteiger charge is 2.32. The number of carboxylic acids is 1. The molecule has 0 aromatic heterocycles. The summed E-state index contributed by atoms with van der Waals surface area (Å²) in [5.41, 5.74) is 0.242. The Labute approximate surface area is 131 Å². The largest absolute Gasteiger partial charge is 0.573 e. The fraction of sp³-hybridized carbons (Fsp3) is 0.467. The quantitative estimate of drug-likeness (QED) is 0.742. The van der Waals surface area contributed by atoms with E-state index < -0.39 is 12.3 Å². The van der Waals surface area contributed by atoms with Crippen LogP contribution in [0.5, 0.6) is 5.75 Å². The minimum absolute atomic E-state index is 0.0146. The Hall–Kier alpha value is -2.25. The van der Waals surface area contributed by atoms with E-state index in [1.54, 1.807) is 6.07 Å². The molecule has 0 heterocycles. The Morgan fingerprint density at radius 1 is 1.17 bits per heavy atom. The first-order chi connectivity index (χ1) is 10.7. The number of benzene rings is 1. The third-order valence-corrected chi connectivity index (χ3v) is 3.06. The molecule has 0 saturated heterocycles. The predicted molar refractivity (Wildman–Crippen MR) is 75.7 cm³/mol. The SMILES string of the molecule is CN(Cc1ccccc1OC(F)(F)F)C(=O)CCCCC(=O)O. The number of halogens is 3. The molecular formula is C15H18F3NO4. The van der Waals surface area contributed by atoms with Crippen molar-refractivity contribution in [2.24, 2.45) is 0 Å². The maximum Gasteiger partial charge on any atom is 0.573 e. The maximum atomic E-state index is 12.3. The standard InChI is InChI=1S/C15H18F3NO4/c1-19(13(20)8-4-5-9-14(21)22)10-11-6-2-3-7-12(11)23-15(16,17)18/h2-3,6-7H,4-5,8-10H2,1H3,(H,21,22). The van der Waals surface area contributed by atoms with Gasteiger partial charge in [-0.3, -0.25) is 9.59 Å². The van der Waals surface area contributed by atoms with Crippen LogP contribution < -0.4 is 4.74 Å². The Balaban J connectivity index is 2.58. The van der Waals surface area contributed by atoms with Crippen LogP contribution in [0.2, 0.25) is 0 Å². The van der Waals surface area contributed by atoms with Crippen molar-refractivity contribution in [2.75, 3.05) is 7.05 Å². The third kappa shape index (κ3) is 7.53. The lowest BCUT2D eigenvalue weighted by Gasteiger charge is -2.20. The van der Waals surface area contributed by atoms with E-state index >= 15 is 0 Å². The van der Waals surface area contributed by atoms with E-state index in [1.165, 1.54) is 30.1 Å². The zero-order chi connectivity index (χ0) is 17.5. The summed E-state index contributed by atoms with van der Waals surface area (Å²) in [5.74, 6) is -1.54. The Morgan fingerprint density at radius 3 is 2.39 bits per heavy atom. The second-order valence-corrected chi connectivity index (χ2v) is 5.01. The van der Waals surface area contributed by atoms with Crippen LogP contribution in [0.4, 0.5) is 13.2 Å². The second-order valence-electron chi connectivity index (χ2n) is 5.01. The molecule has 1 amide bonds. The van der Waals surface area contributed by atoms with E-state index in [1.807, 2.05) is 0 Å². The molecule has 1 N–H and O–H groups in total. The van der Waals surface area contributed by atoms with E-state index in [4.69, 9.17) is 5.11 Å². The zero-order valence-corrected chi connectivity index (χ0v) is 12.6. The number of nitrogens with zero attached hydrogens (tertiary/aromatic N) is 1. The molecule has 8 heteroatoms. The van der Waals surface area contributed by atoms with Crippen LogP contribution in [0, 0.1) is 0 Å². The van der Waals surface area contributed by atoms with Crippen LogP contribution in [0.15, 0.2) is 24.3 Å². The normalized spacial score (nSPS) is 11.1. The second kappa shape index (κ2) is 8.40. The van der Waals surface area contributed by atoms with E-state index in [-0.39, 0.29) is 36.6 Å². The van der Waals surface area contributed by atoms with Crippen molar-refractivity contribution in [1.82, 2.24) is 4.90 Å². The molecule has 0 aliphatic heterocycles. The van der Waals surface area contributed by atoms with Crippen molar-refractivity contribution in [3.05, 3.63) is 29.8 Å². The van der Waals surface area contributed by atoms with E-state index in [9.17, 15) is 22.8 Å². The summed E-state index contributed by atoms with van der Waals surface area (Å²) < 4.78 is 40.9. The third-order valence-electron chi connectivity index (χ3n) is 3.06. The Bertz CT molecular complexity index is 546. The molecule has 0 saturated carbocycles. The molecule has 0 fully saturated rings. The number of carboxylic acid groups (broad SMARTS) is 1. The van der Waals surface area contributed by atoms with Gasteiger partial charge in [-0.25, -0.2) is 0 Å². The van der Waals surface area contributed by atoms with Gasteiger partial charge in [-0.15, -0.1) is 13.2 Å². The van der Waals surface area contributed by atoms with Crippen LogP contribution in [-0.4, -0.2) is 35.3 Å². The number of unbranched alkanes of at least 4 members (excludes halogenated alkanes) is 1. The van der Waals surface area contributed by atoms with Gasteiger partial charge in [0.1, 0.15) is 5.75 Å². The molecule has 0 radical (unpaired) electrons. The monoisotopic (exact) mass is 333 g/mol. The van der Waals surface area contributed by atoms with Crippen molar-refractivity contribution in [3.8, 4) is 5.75 Å². The van der Waals surface area contributed by atoms with Crippen LogP contribution >= 0.6 is 0 Å². The first kappa shape index (κ1) is 18.8. The smallest absolute Gasteiger partial charge is 0.481 e. The van der Waals surface area contributed by atoms with Gasteiger partial charge < -0.3 is 14.7 Å². The summed E-state index contributed by atoms with van der Waals surface area (Å²) in [4.78, 5) is 23.6. The molecular weight excluding hydrogens is 315 g/mol. The molecule has 0 aliphatic carbocycles. The number of alkyl halides is 3. The highest BCUT2D eigenvalue weighted by molar-refractivity contribution is 5.76. The molecule has 0 bridgehead atoms. The van der Waals surface area contributed by atoms with Gasteiger partial charge in [0, 0.05) is 32.0 Å². The predicted octanol–water partition coefficient (Wildman–Crippen LogP) is 3.19. The molecule has 1 rings (SSSR count). The van der Waals surface area contributed by atoms with E-state index in [0.717, 1.165) is 0 Å². The average molecular weight is 333 g/mol. The highest BCUT2D eigenvalue weighted by atomic mass is 19.4. The summed E-state index contributed by atoms with van der Waals surface area (Å²) in [5, 5.41) is 8.51. The lowest BCUT2D eigenvalue weighted by atomic mass is 10.1. The first-order valence-electron chi connectivity index (χ1n) is 6.98. The van der Waals surface area contributed by atoms with Crippen molar-refractivity contribution < 1.29 is 32.6 Å².